The predicted molar refractivity (Wildman–Crippen MR) is 119 cm³/mol. The maximum Gasteiger partial charge on any atom is 0.264 e. The van der Waals surface area contributed by atoms with Gasteiger partial charge in [-0.2, -0.15) is 0 Å². The smallest absolute Gasteiger partial charge is 0.264 e. The van der Waals surface area contributed by atoms with E-state index in [2.05, 4.69) is 5.32 Å². The summed E-state index contributed by atoms with van der Waals surface area (Å²) >= 11 is 0. The number of carbonyl (C=O) groups excluding carboxylic acids is 1. The Hall–Kier alpha value is -2.34. The van der Waals surface area contributed by atoms with Gasteiger partial charge in [-0.25, -0.2) is 8.42 Å². The third-order valence-corrected chi connectivity index (χ3v) is 9.75. The minimum absolute atomic E-state index is 0.0887. The van der Waals surface area contributed by atoms with Crippen LogP contribution in [-0.2, 0) is 16.4 Å². The average Bonchev–Trinajstić information content (AvgIpc) is 3.17. The maximum absolute atomic E-state index is 13.4. The van der Waals surface area contributed by atoms with Gasteiger partial charge >= 0.3 is 0 Å². The molecule has 0 unspecified atom stereocenters. The van der Waals surface area contributed by atoms with Gasteiger partial charge < -0.3 is 5.32 Å². The van der Waals surface area contributed by atoms with Crippen molar-refractivity contribution in [2.75, 3.05) is 10.8 Å². The number of nitrogens with one attached hydrogen (secondary N) is 1. The predicted octanol–water partition coefficient (Wildman–Crippen LogP) is 4.14. The maximum atomic E-state index is 13.4. The highest BCUT2D eigenvalue weighted by molar-refractivity contribution is 7.92. The lowest BCUT2D eigenvalue weighted by atomic mass is 9.53. The molecule has 4 fully saturated rings. The van der Waals surface area contributed by atoms with E-state index in [-0.39, 0.29) is 16.3 Å². The van der Waals surface area contributed by atoms with Crippen LogP contribution in [0.4, 0.5) is 5.69 Å². The molecule has 0 atom stereocenters. The fourth-order valence-corrected chi connectivity index (χ4v) is 8.61. The van der Waals surface area contributed by atoms with Gasteiger partial charge in [0.2, 0.25) is 0 Å². The van der Waals surface area contributed by atoms with Crippen LogP contribution in [0.2, 0.25) is 0 Å². The van der Waals surface area contributed by atoms with E-state index in [0.717, 1.165) is 48.3 Å². The van der Waals surface area contributed by atoms with E-state index in [1.54, 1.807) is 24.3 Å². The first-order valence-electron chi connectivity index (χ1n) is 11.5. The fourth-order valence-electron chi connectivity index (χ4n) is 7.06. The summed E-state index contributed by atoms with van der Waals surface area (Å²) in [6.07, 6.45) is 7.90. The van der Waals surface area contributed by atoms with Crippen molar-refractivity contribution in [3.63, 3.8) is 0 Å². The SMILES string of the molecule is O=C(NC12CC3CC(CC(C3)C1)C2)c1cccc(S(=O)(=O)N2CCc3ccccc32)c1. The molecule has 4 aliphatic carbocycles. The quantitative estimate of drug-likeness (QED) is 0.783. The number of nitrogens with zero attached hydrogens (tertiary/aromatic N) is 1. The number of sulfonamides is 1. The molecule has 0 radical (unpaired) electrons. The van der Waals surface area contributed by atoms with Gasteiger partial charge in [0.1, 0.15) is 0 Å². The van der Waals surface area contributed by atoms with E-state index < -0.39 is 10.0 Å². The molecule has 31 heavy (non-hydrogen) atoms. The van der Waals surface area contributed by atoms with Gasteiger partial charge in [0, 0.05) is 17.6 Å². The number of hydrogen-bond donors (Lipinski definition) is 1. The molecule has 7 rings (SSSR count). The molecular formula is C25H28N2O3S. The number of anilines is 1. The number of fused-ring (bicyclic) bond motifs is 1. The van der Waals surface area contributed by atoms with Crippen LogP contribution in [0.15, 0.2) is 53.4 Å². The van der Waals surface area contributed by atoms with Crippen LogP contribution in [0, 0.1) is 17.8 Å². The van der Waals surface area contributed by atoms with E-state index in [1.165, 1.54) is 23.6 Å². The van der Waals surface area contributed by atoms with E-state index in [0.29, 0.717) is 18.5 Å². The Bertz CT molecular complexity index is 1120. The van der Waals surface area contributed by atoms with Crippen molar-refractivity contribution >= 4 is 21.6 Å². The largest absolute Gasteiger partial charge is 0.347 e. The standard InChI is InChI=1S/C25H28N2O3S/c28-24(26-25-14-17-10-18(15-25)12-19(11-17)16-25)21-5-3-6-22(13-21)31(29,30)27-9-8-20-4-1-2-7-23(20)27/h1-7,13,17-19H,8-12,14-16H2,(H,26,28). The molecule has 0 aromatic heterocycles. The summed E-state index contributed by atoms with van der Waals surface area (Å²) in [5.41, 5.74) is 2.13. The molecule has 0 spiro atoms. The van der Waals surface area contributed by atoms with Gasteiger partial charge in [0.15, 0.2) is 0 Å². The molecule has 2 aromatic rings. The third kappa shape index (κ3) is 3.18. The first kappa shape index (κ1) is 19.4. The lowest BCUT2D eigenvalue weighted by molar-refractivity contribution is -0.0167. The Kier molecular flexibility index (Phi) is 4.26. The number of hydrogen-bond acceptors (Lipinski definition) is 3. The van der Waals surface area contributed by atoms with Crippen LogP contribution in [0.1, 0.15) is 54.4 Å². The van der Waals surface area contributed by atoms with Gasteiger partial charge in [-0.05, 0) is 92.5 Å². The molecule has 162 valence electrons. The molecular weight excluding hydrogens is 408 g/mol. The van der Waals surface area contributed by atoms with Crippen LogP contribution >= 0.6 is 0 Å². The highest BCUT2D eigenvalue weighted by Gasteiger charge is 2.51. The second-order valence-electron chi connectivity index (χ2n) is 10.1. The zero-order chi connectivity index (χ0) is 21.2. The van der Waals surface area contributed by atoms with Crippen molar-refractivity contribution in [2.24, 2.45) is 17.8 Å². The summed E-state index contributed by atoms with van der Waals surface area (Å²) in [5.74, 6) is 2.09. The van der Waals surface area contributed by atoms with E-state index >= 15 is 0 Å². The summed E-state index contributed by atoms with van der Waals surface area (Å²) in [4.78, 5) is 13.4. The van der Waals surface area contributed by atoms with Crippen molar-refractivity contribution in [3.05, 3.63) is 59.7 Å². The highest BCUT2D eigenvalue weighted by atomic mass is 32.2. The molecule has 6 heteroatoms. The molecule has 4 bridgehead atoms. The van der Waals surface area contributed by atoms with Crippen LogP contribution in [0.3, 0.4) is 0 Å². The van der Waals surface area contributed by atoms with Gasteiger partial charge in [0.25, 0.3) is 15.9 Å². The lowest BCUT2D eigenvalue weighted by Gasteiger charge is -2.56. The minimum atomic E-state index is -3.71. The van der Waals surface area contributed by atoms with Crippen molar-refractivity contribution < 1.29 is 13.2 Å². The molecule has 5 aliphatic rings. The zero-order valence-corrected chi connectivity index (χ0v) is 18.4. The third-order valence-electron chi connectivity index (χ3n) is 7.95. The second kappa shape index (κ2) is 6.83. The van der Waals surface area contributed by atoms with Gasteiger partial charge in [0.05, 0.1) is 10.6 Å². The van der Waals surface area contributed by atoms with Gasteiger partial charge in [-0.1, -0.05) is 24.3 Å². The Labute approximate surface area is 183 Å². The molecule has 4 saturated carbocycles. The second-order valence-corrected chi connectivity index (χ2v) is 12.0. The Morgan fingerprint density at radius 1 is 0.935 bits per heavy atom. The van der Waals surface area contributed by atoms with Crippen molar-refractivity contribution in [2.45, 2.75) is 55.4 Å². The number of amides is 1. The number of para-hydroxylation sites is 1. The first-order chi connectivity index (χ1) is 14.9. The Morgan fingerprint density at radius 2 is 1.61 bits per heavy atom. The summed E-state index contributed by atoms with van der Waals surface area (Å²) < 4.78 is 28.2. The monoisotopic (exact) mass is 436 g/mol. The molecule has 0 saturated heterocycles. The van der Waals surface area contributed by atoms with Crippen LogP contribution in [0.25, 0.3) is 0 Å². The average molecular weight is 437 g/mol. The van der Waals surface area contributed by atoms with Crippen LogP contribution in [-0.4, -0.2) is 26.4 Å². The molecule has 1 heterocycles. The lowest BCUT2D eigenvalue weighted by Crippen LogP contribution is -2.59. The highest BCUT2D eigenvalue weighted by Crippen LogP contribution is 2.55. The van der Waals surface area contributed by atoms with Crippen LogP contribution < -0.4 is 9.62 Å². The number of benzene rings is 2. The van der Waals surface area contributed by atoms with Crippen molar-refractivity contribution in [1.82, 2.24) is 5.32 Å². The minimum Gasteiger partial charge on any atom is -0.347 e. The van der Waals surface area contributed by atoms with E-state index in [4.69, 9.17) is 0 Å². The Balaban J connectivity index is 1.26. The van der Waals surface area contributed by atoms with E-state index in [1.807, 2.05) is 24.3 Å². The summed E-state index contributed by atoms with van der Waals surface area (Å²) in [6, 6.07) is 14.2. The molecule has 1 N–H and O–H groups in total. The number of rotatable bonds is 4. The Morgan fingerprint density at radius 3 is 2.32 bits per heavy atom. The normalized spacial score (nSPS) is 31.0. The van der Waals surface area contributed by atoms with Crippen molar-refractivity contribution in [1.29, 1.82) is 0 Å². The van der Waals surface area contributed by atoms with Crippen LogP contribution in [0.5, 0.6) is 0 Å². The summed E-state index contributed by atoms with van der Waals surface area (Å²) in [6.45, 7) is 0.436. The molecule has 1 amide bonds. The first-order valence-corrected chi connectivity index (χ1v) is 12.9. The van der Waals surface area contributed by atoms with E-state index in [9.17, 15) is 13.2 Å². The summed E-state index contributed by atoms with van der Waals surface area (Å²) in [5, 5.41) is 3.36. The van der Waals surface area contributed by atoms with Crippen molar-refractivity contribution in [3.8, 4) is 0 Å². The van der Waals surface area contributed by atoms with Gasteiger partial charge in [-0.3, -0.25) is 9.10 Å². The molecule has 5 nitrogen and oxygen atoms in total. The summed E-state index contributed by atoms with van der Waals surface area (Å²) in [7, 11) is -3.71. The topological polar surface area (TPSA) is 66.5 Å². The molecule has 2 aromatic carbocycles. The van der Waals surface area contributed by atoms with Gasteiger partial charge in [-0.15, -0.1) is 0 Å². The molecule has 1 aliphatic heterocycles. The fraction of sp³-hybridized carbons (Fsp3) is 0.480. The number of carbonyl (C=O) groups is 1. The zero-order valence-electron chi connectivity index (χ0n) is 17.6.